The number of likely N-dealkylation sites (tertiary alicyclic amines) is 1. The molecule has 116 valence electrons. The molecule has 1 aliphatic rings. The van der Waals surface area contributed by atoms with Gasteiger partial charge in [-0.2, -0.15) is 13.2 Å². The number of carbonyl (C=O) groups excluding carboxylic acids is 1. The number of nitrogens with zero attached hydrogens (tertiary/aromatic N) is 1. The lowest BCUT2D eigenvalue weighted by atomic mass is 10.1. The Bertz CT molecular complexity index is 540. The van der Waals surface area contributed by atoms with Gasteiger partial charge in [-0.1, -0.05) is 6.07 Å². The van der Waals surface area contributed by atoms with Crippen LogP contribution in [0.5, 0.6) is 0 Å². The zero-order valence-electron chi connectivity index (χ0n) is 10.8. The van der Waals surface area contributed by atoms with Crippen LogP contribution in [-0.4, -0.2) is 46.3 Å². The van der Waals surface area contributed by atoms with Gasteiger partial charge in [-0.15, -0.1) is 0 Å². The van der Waals surface area contributed by atoms with Crippen molar-refractivity contribution < 1.29 is 28.2 Å². The van der Waals surface area contributed by atoms with E-state index in [0.717, 1.165) is 17.0 Å². The first-order valence-corrected chi connectivity index (χ1v) is 6.08. The van der Waals surface area contributed by atoms with Gasteiger partial charge in [-0.25, -0.2) is 0 Å². The largest absolute Gasteiger partial charge is 0.418 e. The van der Waals surface area contributed by atoms with Gasteiger partial charge in [-0.05, 0) is 12.1 Å². The second-order valence-electron chi connectivity index (χ2n) is 4.72. The summed E-state index contributed by atoms with van der Waals surface area (Å²) < 4.78 is 38.6. The van der Waals surface area contributed by atoms with Crippen molar-refractivity contribution in [2.24, 2.45) is 5.84 Å². The molecule has 2 unspecified atom stereocenters. The lowest BCUT2D eigenvalue weighted by molar-refractivity contribution is -0.137. The highest BCUT2D eigenvalue weighted by molar-refractivity contribution is 6.00. The first-order valence-electron chi connectivity index (χ1n) is 6.08. The van der Waals surface area contributed by atoms with Crippen LogP contribution in [0, 0.1) is 0 Å². The van der Waals surface area contributed by atoms with Crippen molar-refractivity contribution in [3.05, 3.63) is 29.3 Å². The van der Waals surface area contributed by atoms with Gasteiger partial charge in [0.15, 0.2) is 0 Å². The number of para-hydroxylation sites is 1. The van der Waals surface area contributed by atoms with E-state index in [4.69, 9.17) is 5.84 Å². The summed E-state index contributed by atoms with van der Waals surface area (Å²) in [6.45, 7) is -0.305. The maximum Gasteiger partial charge on any atom is 0.418 e. The van der Waals surface area contributed by atoms with Crippen molar-refractivity contribution in [1.29, 1.82) is 0 Å². The number of aliphatic hydroxyl groups is 2. The Morgan fingerprint density at radius 2 is 1.86 bits per heavy atom. The minimum atomic E-state index is -4.66. The Kier molecular flexibility index (Phi) is 4.08. The topological polar surface area (TPSA) is 98.8 Å². The summed E-state index contributed by atoms with van der Waals surface area (Å²) in [5.41, 5.74) is 0.0399. The minimum absolute atomic E-state index is 0.153. The standard InChI is InChI=1S/C12H14F3N3O3/c13-12(14,15)7-3-1-2-6(10(7)17-16)11(21)18-4-8(19)9(20)5-18/h1-3,8-9,17,19-20H,4-5,16H2. The molecule has 1 aliphatic heterocycles. The van der Waals surface area contributed by atoms with E-state index < -0.39 is 35.5 Å². The molecule has 1 aromatic rings. The zero-order valence-corrected chi connectivity index (χ0v) is 10.8. The molecule has 0 radical (unpaired) electrons. The normalized spacial score (nSPS) is 22.5. The van der Waals surface area contributed by atoms with E-state index in [1.54, 1.807) is 0 Å². The summed E-state index contributed by atoms with van der Waals surface area (Å²) in [7, 11) is 0. The lowest BCUT2D eigenvalue weighted by Crippen LogP contribution is -2.31. The molecule has 21 heavy (non-hydrogen) atoms. The van der Waals surface area contributed by atoms with E-state index in [1.165, 1.54) is 6.07 Å². The molecule has 2 atom stereocenters. The van der Waals surface area contributed by atoms with Crippen LogP contribution in [0.4, 0.5) is 18.9 Å². The number of hydrogen-bond acceptors (Lipinski definition) is 5. The van der Waals surface area contributed by atoms with Crippen molar-refractivity contribution >= 4 is 11.6 Å². The SMILES string of the molecule is NNc1c(C(=O)N2CC(O)C(O)C2)cccc1C(F)(F)F. The van der Waals surface area contributed by atoms with Crippen LogP contribution in [-0.2, 0) is 6.18 Å². The molecule has 0 aliphatic carbocycles. The van der Waals surface area contributed by atoms with E-state index in [1.807, 2.05) is 5.43 Å². The van der Waals surface area contributed by atoms with Gasteiger partial charge in [0.1, 0.15) is 0 Å². The Hall–Kier alpha value is -1.84. The number of halogens is 3. The van der Waals surface area contributed by atoms with E-state index in [2.05, 4.69) is 0 Å². The Morgan fingerprint density at radius 1 is 1.29 bits per heavy atom. The van der Waals surface area contributed by atoms with Gasteiger partial charge in [0.2, 0.25) is 0 Å². The Labute approximate surface area is 117 Å². The molecule has 0 saturated carbocycles. The molecule has 2 rings (SSSR count). The third kappa shape index (κ3) is 2.94. The number of nitrogen functional groups attached to an aromatic ring is 1. The average molecular weight is 305 g/mol. The lowest BCUT2D eigenvalue weighted by Gasteiger charge is -2.20. The molecule has 6 nitrogen and oxygen atoms in total. The van der Waals surface area contributed by atoms with Gasteiger partial charge in [0, 0.05) is 13.1 Å². The first-order chi connectivity index (χ1) is 9.75. The molecule has 5 N–H and O–H groups in total. The minimum Gasteiger partial charge on any atom is -0.388 e. The molecule has 1 heterocycles. The summed E-state index contributed by atoms with van der Waals surface area (Å²) >= 11 is 0. The highest BCUT2D eigenvalue weighted by atomic mass is 19.4. The first kappa shape index (κ1) is 15.5. The third-order valence-electron chi connectivity index (χ3n) is 3.29. The number of amides is 1. The summed E-state index contributed by atoms with van der Waals surface area (Å²) in [5.74, 6) is 4.37. The van der Waals surface area contributed by atoms with Crippen LogP contribution in [0.25, 0.3) is 0 Å². The van der Waals surface area contributed by atoms with Gasteiger partial charge >= 0.3 is 6.18 Å². The van der Waals surface area contributed by atoms with Crippen LogP contribution in [0.3, 0.4) is 0 Å². The number of β-amino-alcohol motifs (C(OH)–C–C–N with tert-alkyl or cyclic N) is 2. The van der Waals surface area contributed by atoms with Crippen molar-refractivity contribution in [3.8, 4) is 0 Å². The highest BCUT2D eigenvalue weighted by Gasteiger charge is 2.38. The fourth-order valence-corrected chi connectivity index (χ4v) is 2.23. The predicted molar refractivity (Wildman–Crippen MR) is 67.2 cm³/mol. The van der Waals surface area contributed by atoms with Crippen molar-refractivity contribution in [3.63, 3.8) is 0 Å². The molecule has 1 fully saturated rings. The number of benzene rings is 1. The summed E-state index contributed by atoms with van der Waals surface area (Å²) in [4.78, 5) is 13.3. The zero-order chi connectivity index (χ0) is 15.8. The predicted octanol–water partition coefficient (Wildman–Crippen LogP) is 0.169. The molecule has 0 spiro atoms. The number of alkyl halides is 3. The molecule has 1 amide bonds. The number of rotatable bonds is 2. The van der Waals surface area contributed by atoms with E-state index in [-0.39, 0.29) is 18.7 Å². The van der Waals surface area contributed by atoms with E-state index >= 15 is 0 Å². The fraction of sp³-hybridized carbons (Fsp3) is 0.417. The van der Waals surface area contributed by atoms with Crippen LogP contribution in [0.15, 0.2) is 18.2 Å². The van der Waals surface area contributed by atoms with Gasteiger partial charge in [0.25, 0.3) is 5.91 Å². The van der Waals surface area contributed by atoms with Crippen molar-refractivity contribution in [2.75, 3.05) is 18.5 Å². The molecular weight excluding hydrogens is 291 g/mol. The van der Waals surface area contributed by atoms with Gasteiger partial charge in [-0.3, -0.25) is 10.6 Å². The summed E-state index contributed by atoms with van der Waals surface area (Å²) in [5, 5.41) is 18.8. The third-order valence-corrected chi connectivity index (χ3v) is 3.29. The summed E-state index contributed by atoms with van der Waals surface area (Å²) in [6, 6.07) is 3.10. The maximum absolute atomic E-state index is 12.9. The number of anilines is 1. The van der Waals surface area contributed by atoms with Gasteiger partial charge < -0.3 is 20.5 Å². The Morgan fingerprint density at radius 3 is 2.33 bits per heavy atom. The number of nitrogens with two attached hydrogens (primary N) is 1. The van der Waals surface area contributed by atoms with Crippen molar-refractivity contribution in [1.82, 2.24) is 4.90 Å². The second kappa shape index (κ2) is 5.51. The molecule has 1 saturated heterocycles. The number of aliphatic hydroxyl groups excluding tert-OH is 2. The monoisotopic (exact) mass is 305 g/mol. The molecule has 9 heteroatoms. The van der Waals surface area contributed by atoms with Gasteiger partial charge in [0.05, 0.1) is 29.0 Å². The highest BCUT2D eigenvalue weighted by Crippen LogP contribution is 2.36. The number of hydrogen-bond donors (Lipinski definition) is 4. The smallest absolute Gasteiger partial charge is 0.388 e. The van der Waals surface area contributed by atoms with E-state index in [0.29, 0.717) is 0 Å². The van der Waals surface area contributed by atoms with Crippen LogP contribution >= 0.6 is 0 Å². The quantitative estimate of drug-likeness (QED) is 0.461. The fourth-order valence-electron chi connectivity index (χ4n) is 2.23. The van der Waals surface area contributed by atoms with Crippen molar-refractivity contribution in [2.45, 2.75) is 18.4 Å². The average Bonchev–Trinajstić information content (AvgIpc) is 2.76. The molecule has 0 bridgehead atoms. The molecule has 0 aromatic heterocycles. The number of hydrazine groups is 1. The van der Waals surface area contributed by atoms with Crippen LogP contribution < -0.4 is 11.3 Å². The Balaban J connectivity index is 2.38. The van der Waals surface area contributed by atoms with Crippen LogP contribution in [0.2, 0.25) is 0 Å². The number of carbonyl (C=O) groups is 1. The summed E-state index contributed by atoms with van der Waals surface area (Å²) in [6.07, 6.45) is -6.90. The molecular formula is C12H14F3N3O3. The van der Waals surface area contributed by atoms with Crippen LogP contribution in [0.1, 0.15) is 15.9 Å². The van der Waals surface area contributed by atoms with E-state index in [9.17, 15) is 28.2 Å². The molecule has 1 aromatic carbocycles. The maximum atomic E-state index is 12.9. The second-order valence-corrected chi connectivity index (χ2v) is 4.72. The number of nitrogens with one attached hydrogen (secondary N) is 1.